The average molecular weight is 238 g/mol. The van der Waals surface area contributed by atoms with Crippen molar-refractivity contribution < 1.29 is 15.0 Å². The van der Waals surface area contributed by atoms with Crippen molar-refractivity contribution in [3.05, 3.63) is 30.3 Å². The number of benzene rings is 1. The molecule has 0 bridgehead atoms. The van der Waals surface area contributed by atoms with E-state index < -0.39 is 12.5 Å². The Morgan fingerprint density at radius 3 is 2.24 bits per heavy atom. The highest BCUT2D eigenvalue weighted by molar-refractivity contribution is 5.92. The number of aliphatic hydroxyl groups excluding tert-OH is 2. The van der Waals surface area contributed by atoms with Crippen LogP contribution in [0.4, 0.5) is 5.69 Å². The van der Waals surface area contributed by atoms with E-state index in [4.69, 9.17) is 0 Å². The molecule has 0 saturated carbocycles. The van der Waals surface area contributed by atoms with Gasteiger partial charge in [-0.15, -0.1) is 0 Å². The fourth-order valence-corrected chi connectivity index (χ4v) is 1.46. The van der Waals surface area contributed by atoms with E-state index in [9.17, 15) is 15.0 Å². The Bertz CT molecular complexity index is 344. The van der Waals surface area contributed by atoms with Crippen LogP contribution in [0.15, 0.2) is 30.3 Å². The molecule has 0 aromatic heterocycles. The van der Waals surface area contributed by atoms with Crippen molar-refractivity contribution >= 4 is 11.6 Å². The van der Waals surface area contributed by atoms with E-state index in [-0.39, 0.29) is 12.5 Å². The number of carbonyl (C=O) groups is 1. The topological polar surface area (TPSA) is 72.8 Å². The van der Waals surface area contributed by atoms with Crippen LogP contribution in [0.2, 0.25) is 0 Å². The van der Waals surface area contributed by atoms with Crippen molar-refractivity contribution in [3.63, 3.8) is 0 Å². The van der Waals surface area contributed by atoms with Gasteiger partial charge in [-0.25, -0.2) is 4.90 Å². The second-order valence-corrected chi connectivity index (χ2v) is 3.85. The zero-order valence-corrected chi connectivity index (χ0v) is 10.00. The summed E-state index contributed by atoms with van der Waals surface area (Å²) in [6, 6.07) is 9.03. The quantitative estimate of drug-likeness (QED) is 0.657. The van der Waals surface area contributed by atoms with Gasteiger partial charge in [-0.2, -0.15) is 0 Å². The van der Waals surface area contributed by atoms with Gasteiger partial charge in [-0.3, -0.25) is 4.79 Å². The minimum atomic E-state index is -0.878. The van der Waals surface area contributed by atoms with Gasteiger partial charge in [0.2, 0.25) is 5.91 Å². The van der Waals surface area contributed by atoms with E-state index in [1.165, 1.54) is 18.7 Å². The van der Waals surface area contributed by atoms with E-state index in [0.29, 0.717) is 5.69 Å². The zero-order valence-electron chi connectivity index (χ0n) is 10.00. The molecule has 1 aromatic rings. The number of aliphatic hydroxyl groups is 2. The van der Waals surface area contributed by atoms with Crippen molar-refractivity contribution in [2.45, 2.75) is 26.3 Å². The molecule has 17 heavy (non-hydrogen) atoms. The van der Waals surface area contributed by atoms with Crippen LogP contribution in [0.25, 0.3) is 0 Å². The average Bonchev–Trinajstić information content (AvgIpc) is 2.26. The molecule has 5 nitrogen and oxygen atoms in total. The third-order valence-corrected chi connectivity index (χ3v) is 2.34. The van der Waals surface area contributed by atoms with Gasteiger partial charge in [0.25, 0.3) is 0 Å². The van der Waals surface area contributed by atoms with Crippen LogP contribution in [0.3, 0.4) is 0 Å². The number of rotatable bonds is 5. The number of nitrogens with one attached hydrogen (secondary N) is 1. The van der Waals surface area contributed by atoms with E-state index >= 15 is 0 Å². The highest BCUT2D eigenvalue weighted by Gasteiger charge is 2.19. The molecule has 0 aliphatic rings. The van der Waals surface area contributed by atoms with Gasteiger partial charge in [0.15, 0.2) is 0 Å². The number of nitrogens with zero attached hydrogens (tertiary/aromatic N) is 1. The van der Waals surface area contributed by atoms with Crippen LogP contribution in [0, 0.1) is 0 Å². The Kier molecular flexibility index (Phi) is 5.09. The predicted octanol–water partition coefficient (Wildman–Crippen LogP) is 0.604. The fraction of sp³-hybridized carbons (Fsp3) is 0.417. The van der Waals surface area contributed by atoms with Gasteiger partial charge in [0, 0.05) is 5.69 Å². The smallest absolute Gasteiger partial charge is 0.238 e. The molecule has 0 heterocycles. The van der Waals surface area contributed by atoms with Crippen LogP contribution >= 0.6 is 0 Å². The van der Waals surface area contributed by atoms with Crippen LogP contribution in [-0.2, 0) is 4.79 Å². The zero-order chi connectivity index (χ0) is 12.8. The summed E-state index contributed by atoms with van der Waals surface area (Å²) in [6.45, 7) is 2.94. The maximum Gasteiger partial charge on any atom is 0.238 e. The van der Waals surface area contributed by atoms with E-state index in [1.54, 1.807) is 12.1 Å². The summed E-state index contributed by atoms with van der Waals surface area (Å²) in [4.78, 5) is 12.9. The normalized spacial score (nSPS) is 14.4. The summed E-state index contributed by atoms with van der Waals surface area (Å²) in [7, 11) is 0. The number of amides is 1. The third-order valence-electron chi connectivity index (χ3n) is 2.34. The Morgan fingerprint density at radius 1 is 1.24 bits per heavy atom. The minimum Gasteiger partial charge on any atom is -0.379 e. The van der Waals surface area contributed by atoms with Gasteiger partial charge in [0.05, 0.1) is 6.54 Å². The summed E-state index contributed by atoms with van der Waals surface area (Å²) in [5.74, 6) is -0.280. The first-order chi connectivity index (χ1) is 8.00. The fourth-order valence-electron chi connectivity index (χ4n) is 1.46. The second-order valence-electron chi connectivity index (χ2n) is 3.85. The van der Waals surface area contributed by atoms with Crippen molar-refractivity contribution in [1.82, 2.24) is 4.90 Å². The molecule has 0 aliphatic heterocycles. The number of hydrogen-bond acceptors (Lipinski definition) is 4. The number of carbonyl (C=O) groups excluding carboxylic acids is 1. The van der Waals surface area contributed by atoms with Gasteiger partial charge in [0.1, 0.15) is 12.5 Å². The van der Waals surface area contributed by atoms with Crippen LogP contribution in [0.5, 0.6) is 0 Å². The molecule has 0 spiro atoms. The lowest BCUT2D eigenvalue weighted by molar-refractivity contribution is -0.128. The number of anilines is 1. The Labute approximate surface area is 101 Å². The Balaban J connectivity index is 2.54. The molecule has 3 N–H and O–H groups in total. The van der Waals surface area contributed by atoms with E-state index in [0.717, 1.165) is 0 Å². The summed E-state index contributed by atoms with van der Waals surface area (Å²) < 4.78 is 0. The molecule has 1 aromatic carbocycles. The number of hydrogen-bond donors (Lipinski definition) is 3. The molecule has 0 radical (unpaired) electrons. The molecule has 5 heteroatoms. The van der Waals surface area contributed by atoms with Crippen LogP contribution in [-0.4, -0.2) is 40.0 Å². The molecule has 94 valence electrons. The van der Waals surface area contributed by atoms with Crippen molar-refractivity contribution in [1.29, 1.82) is 0 Å². The summed E-state index contributed by atoms with van der Waals surface area (Å²) in [6.07, 6.45) is -1.76. The molecule has 2 atom stereocenters. The SMILES string of the molecule is CC(O)N(CC(=O)Nc1ccccc1)C(C)O. The van der Waals surface area contributed by atoms with Crippen molar-refractivity contribution in [2.75, 3.05) is 11.9 Å². The van der Waals surface area contributed by atoms with Crippen molar-refractivity contribution in [3.8, 4) is 0 Å². The molecule has 2 unspecified atom stereocenters. The molecular weight excluding hydrogens is 220 g/mol. The van der Waals surface area contributed by atoms with E-state index in [2.05, 4.69) is 5.32 Å². The Morgan fingerprint density at radius 2 is 1.76 bits per heavy atom. The molecule has 0 saturated heterocycles. The highest BCUT2D eigenvalue weighted by atomic mass is 16.3. The second kappa shape index (κ2) is 6.34. The van der Waals surface area contributed by atoms with Gasteiger partial charge in [-0.1, -0.05) is 18.2 Å². The number of para-hydroxylation sites is 1. The lowest BCUT2D eigenvalue weighted by Gasteiger charge is -2.27. The predicted molar refractivity (Wildman–Crippen MR) is 65.1 cm³/mol. The van der Waals surface area contributed by atoms with Gasteiger partial charge >= 0.3 is 0 Å². The standard InChI is InChI=1S/C12H18N2O3/c1-9(15)14(10(2)16)8-12(17)13-11-6-4-3-5-7-11/h3-7,9-10,15-16H,8H2,1-2H3,(H,13,17). The summed E-state index contributed by atoms with van der Waals surface area (Å²) in [5.41, 5.74) is 0.689. The lowest BCUT2D eigenvalue weighted by atomic mass is 10.3. The third kappa shape index (κ3) is 4.52. The first-order valence-corrected chi connectivity index (χ1v) is 5.47. The summed E-state index contributed by atoms with van der Waals surface area (Å²) in [5, 5.41) is 21.4. The van der Waals surface area contributed by atoms with Gasteiger partial charge in [-0.05, 0) is 26.0 Å². The molecule has 0 fully saturated rings. The molecule has 1 amide bonds. The first-order valence-electron chi connectivity index (χ1n) is 5.47. The van der Waals surface area contributed by atoms with Crippen LogP contribution in [0.1, 0.15) is 13.8 Å². The van der Waals surface area contributed by atoms with Crippen LogP contribution < -0.4 is 5.32 Å². The Hall–Kier alpha value is -1.43. The highest BCUT2D eigenvalue weighted by Crippen LogP contribution is 2.06. The minimum absolute atomic E-state index is 0.0653. The molecule has 1 rings (SSSR count). The summed E-state index contributed by atoms with van der Waals surface area (Å²) >= 11 is 0. The maximum absolute atomic E-state index is 11.7. The first kappa shape index (κ1) is 13.6. The largest absolute Gasteiger partial charge is 0.379 e. The van der Waals surface area contributed by atoms with Gasteiger partial charge < -0.3 is 15.5 Å². The monoisotopic (exact) mass is 238 g/mol. The molecular formula is C12H18N2O3. The lowest BCUT2D eigenvalue weighted by Crippen LogP contribution is -2.44. The molecule has 0 aliphatic carbocycles. The van der Waals surface area contributed by atoms with Crippen molar-refractivity contribution in [2.24, 2.45) is 0 Å². The van der Waals surface area contributed by atoms with E-state index in [1.807, 2.05) is 18.2 Å². The maximum atomic E-state index is 11.7.